The van der Waals surface area contributed by atoms with E-state index in [0.717, 1.165) is 10.6 Å². The summed E-state index contributed by atoms with van der Waals surface area (Å²) in [6.45, 7) is 5.46. The molecular weight excluding hydrogens is 347 g/mol. The van der Waals surface area contributed by atoms with Crippen LogP contribution in [0.4, 0.5) is 5.69 Å². The molecule has 1 amide bonds. The van der Waals surface area contributed by atoms with Crippen LogP contribution in [0.15, 0.2) is 18.2 Å². The van der Waals surface area contributed by atoms with Crippen molar-refractivity contribution in [1.82, 2.24) is 5.32 Å². The Morgan fingerprint density at radius 1 is 1.27 bits per heavy atom. The molecule has 0 heterocycles. The zero-order valence-corrected chi connectivity index (χ0v) is 15.3. The van der Waals surface area contributed by atoms with Gasteiger partial charge in [-0.3, -0.25) is 9.10 Å². The van der Waals surface area contributed by atoms with Gasteiger partial charge in [-0.1, -0.05) is 37.0 Å². The van der Waals surface area contributed by atoms with Crippen LogP contribution in [0.2, 0.25) is 10.0 Å². The predicted octanol–water partition coefficient (Wildman–Crippen LogP) is 2.92. The number of hydrogen-bond donors (Lipinski definition) is 1. The Morgan fingerprint density at radius 3 is 2.32 bits per heavy atom. The lowest BCUT2D eigenvalue weighted by Gasteiger charge is -2.25. The van der Waals surface area contributed by atoms with Crippen molar-refractivity contribution in [3.8, 4) is 0 Å². The van der Waals surface area contributed by atoms with Gasteiger partial charge in [0.2, 0.25) is 15.9 Å². The summed E-state index contributed by atoms with van der Waals surface area (Å²) in [5, 5.41) is 3.33. The maximum atomic E-state index is 12.1. The van der Waals surface area contributed by atoms with Crippen LogP contribution >= 0.6 is 23.2 Å². The zero-order valence-electron chi connectivity index (χ0n) is 12.9. The van der Waals surface area contributed by atoms with Gasteiger partial charge in [0.15, 0.2) is 0 Å². The van der Waals surface area contributed by atoms with Gasteiger partial charge in [-0.05, 0) is 31.0 Å². The molecule has 8 heteroatoms. The molecule has 0 aliphatic rings. The molecule has 124 valence electrons. The molecule has 0 unspecified atom stereocenters. The molecule has 0 aliphatic carbocycles. The number of anilines is 1. The first-order valence-corrected chi connectivity index (χ1v) is 9.35. The fourth-order valence-corrected chi connectivity index (χ4v) is 3.09. The lowest BCUT2D eigenvalue weighted by atomic mass is 10.1. The Balaban J connectivity index is 3.03. The van der Waals surface area contributed by atoms with Crippen LogP contribution < -0.4 is 9.62 Å². The number of benzene rings is 1. The zero-order chi connectivity index (χ0) is 17.1. The van der Waals surface area contributed by atoms with Crippen LogP contribution in [0.25, 0.3) is 0 Å². The van der Waals surface area contributed by atoms with E-state index in [0.29, 0.717) is 5.02 Å². The van der Waals surface area contributed by atoms with Crippen molar-refractivity contribution >= 4 is 44.8 Å². The molecule has 22 heavy (non-hydrogen) atoms. The summed E-state index contributed by atoms with van der Waals surface area (Å²) in [6, 6.07) is 4.38. The molecule has 0 radical (unpaired) electrons. The van der Waals surface area contributed by atoms with Crippen molar-refractivity contribution in [2.24, 2.45) is 5.92 Å². The van der Waals surface area contributed by atoms with Crippen molar-refractivity contribution in [1.29, 1.82) is 0 Å². The third-order valence-corrected chi connectivity index (χ3v) is 4.92. The molecule has 0 saturated heterocycles. The Bertz CT molecular complexity index is 647. The van der Waals surface area contributed by atoms with Gasteiger partial charge in [0.25, 0.3) is 0 Å². The number of carbonyl (C=O) groups is 1. The second-order valence-electron chi connectivity index (χ2n) is 5.47. The highest BCUT2D eigenvalue weighted by molar-refractivity contribution is 7.92. The summed E-state index contributed by atoms with van der Waals surface area (Å²) in [7, 11) is -3.66. The standard InChI is InChI=1S/C14H20Cl2N2O3S/c1-9(2)10(3)17-14(19)8-18(22(4,20)21)13-6-5-11(15)7-12(13)16/h5-7,9-10H,8H2,1-4H3,(H,17,19)/t10-/m0/s1. The van der Waals surface area contributed by atoms with E-state index in [2.05, 4.69) is 5.32 Å². The van der Waals surface area contributed by atoms with Gasteiger partial charge < -0.3 is 5.32 Å². The molecule has 1 atom stereocenters. The minimum Gasteiger partial charge on any atom is -0.352 e. The Morgan fingerprint density at radius 2 is 1.86 bits per heavy atom. The number of hydrogen-bond acceptors (Lipinski definition) is 3. The molecule has 1 N–H and O–H groups in total. The average Bonchev–Trinajstić information content (AvgIpc) is 2.35. The van der Waals surface area contributed by atoms with Crippen molar-refractivity contribution < 1.29 is 13.2 Å². The molecule has 1 aromatic carbocycles. The molecule has 0 fully saturated rings. The Kier molecular flexibility index (Phi) is 6.52. The topological polar surface area (TPSA) is 66.5 Å². The summed E-state index contributed by atoms with van der Waals surface area (Å²) >= 11 is 11.9. The summed E-state index contributed by atoms with van der Waals surface area (Å²) in [5.74, 6) is -0.146. The van der Waals surface area contributed by atoms with Gasteiger partial charge in [0.1, 0.15) is 6.54 Å². The Hall–Kier alpha value is -0.980. The van der Waals surface area contributed by atoms with Crippen LogP contribution in [0.5, 0.6) is 0 Å². The fraction of sp³-hybridized carbons (Fsp3) is 0.500. The first kappa shape index (κ1) is 19.1. The van der Waals surface area contributed by atoms with Crippen LogP contribution in [-0.2, 0) is 14.8 Å². The molecule has 1 aromatic rings. The number of amides is 1. The van der Waals surface area contributed by atoms with E-state index in [1.165, 1.54) is 18.2 Å². The van der Waals surface area contributed by atoms with E-state index in [-0.39, 0.29) is 29.2 Å². The van der Waals surface area contributed by atoms with Gasteiger partial charge in [-0.15, -0.1) is 0 Å². The third kappa shape index (κ3) is 5.34. The van der Waals surface area contributed by atoms with Gasteiger partial charge >= 0.3 is 0 Å². The SMILES string of the molecule is CC(C)[C@H](C)NC(=O)CN(c1ccc(Cl)cc1Cl)S(C)(=O)=O. The molecule has 0 spiro atoms. The molecular formula is C14H20Cl2N2O3S. The number of halogens is 2. The van der Waals surface area contributed by atoms with Crippen LogP contribution in [0.1, 0.15) is 20.8 Å². The minimum atomic E-state index is -3.66. The van der Waals surface area contributed by atoms with Crippen LogP contribution in [-0.4, -0.2) is 33.2 Å². The summed E-state index contributed by atoms with van der Waals surface area (Å²) < 4.78 is 24.9. The monoisotopic (exact) mass is 366 g/mol. The molecule has 0 saturated carbocycles. The van der Waals surface area contributed by atoms with E-state index in [1.54, 1.807) is 0 Å². The molecule has 1 rings (SSSR count). The van der Waals surface area contributed by atoms with E-state index in [9.17, 15) is 13.2 Å². The van der Waals surface area contributed by atoms with Crippen LogP contribution in [0.3, 0.4) is 0 Å². The fourth-order valence-electron chi connectivity index (χ4n) is 1.66. The normalized spacial score (nSPS) is 13.0. The van der Waals surface area contributed by atoms with E-state index >= 15 is 0 Å². The van der Waals surface area contributed by atoms with Gasteiger partial charge in [-0.2, -0.15) is 0 Å². The lowest BCUT2D eigenvalue weighted by Crippen LogP contribution is -2.44. The highest BCUT2D eigenvalue weighted by Gasteiger charge is 2.24. The summed E-state index contributed by atoms with van der Waals surface area (Å²) in [5.41, 5.74) is 0.223. The van der Waals surface area contributed by atoms with E-state index < -0.39 is 15.9 Å². The van der Waals surface area contributed by atoms with Gasteiger partial charge in [-0.25, -0.2) is 8.42 Å². The van der Waals surface area contributed by atoms with Gasteiger partial charge in [0, 0.05) is 11.1 Å². The first-order valence-electron chi connectivity index (χ1n) is 6.74. The number of sulfonamides is 1. The summed E-state index contributed by atoms with van der Waals surface area (Å²) in [4.78, 5) is 12.1. The van der Waals surface area contributed by atoms with Gasteiger partial charge in [0.05, 0.1) is 17.0 Å². The van der Waals surface area contributed by atoms with Crippen molar-refractivity contribution in [3.63, 3.8) is 0 Å². The maximum absolute atomic E-state index is 12.1. The minimum absolute atomic E-state index is 0.0606. The van der Waals surface area contributed by atoms with Crippen molar-refractivity contribution in [2.45, 2.75) is 26.8 Å². The number of nitrogens with zero attached hydrogens (tertiary/aromatic N) is 1. The largest absolute Gasteiger partial charge is 0.352 e. The molecule has 5 nitrogen and oxygen atoms in total. The maximum Gasteiger partial charge on any atom is 0.240 e. The first-order chi connectivity index (χ1) is 10.0. The van der Waals surface area contributed by atoms with Crippen molar-refractivity contribution in [2.75, 3.05) is 17.1 Å². The second kappa shape index (κ2) is 7.53. The summed E-state index contributed by atoms with van der Waals surface area (Å²) in [6.07, 6.45) is 1.02. The molecule has 0 aliphatic heterocycles. The van der Waals surface area contributed by atoms with Crippen molar-refractivity contribution in [3.05, 3.63) is 28.2 Å². The van der Waals surface area contributed by atoms with E-state index in [1.807, 2.05) is 20.8 Å². The quantitative estimate of drug-likeness (QED) is 0.841. The average molecular weight is 367 g/mol. The number of nitrogens with one attached hydrogen (secondary N) is 1. The van der Waals surface area contributed by atoms with E-state index in [4.69, 9.17) is 23.2 Å². The van der Waals surface area contributed by atoms with Crippen LogP contribution in [0, 0.1) is 5.92 Å². The number of rotatable bonds is 6. The molecule has 0 bridgehead atoms. The predicted molar refractivity (Wildman–Crippen MR) is 91.1 cm³/mol. The highest BCUT2D eigenvalue weighted by Crippen LogP contribution is 2.30. The number of carbonyl (C=O) groups excluding carboxylic acids is 1. The molecule has 0 aromatic heterocycles. The Labute approximate surface area is 141 Å². The smallest absolute Gasteiger partial charge is 0.240 e. The second-order valence-corrected chi connectivity index (χ2v) is 8.22. The third-order valence-electron chi connectivity index (χ3n) is 3.25. The highest BCUT2D eigenvalue weighted by atomic mass is 35.5. The lowest BCUT2D eigenvalue weighted by molar-refractivity contribution is -0.120.